The summed E-state index contributed by atoms with van der Waals surface area (Å²) in [5.74, 6) is 1.02. The van der Waals surface area contributed by atoms with Crippen molar-refractivity contribution in [2.45, 2.75) is 13.8 Å². The fraction of sp³-hybridized carbons (Fsp3) is 0.231. The molecule has 0 saturated carbocycles. The molecule has 0 aliphatic carbocycles. The Kier molecular flexibility index (Phi) is 3.81. The molecule has 0 amide bonds. The fourth-order valence-corrected chi connectivity index (χ4v) is 2.08. The third-order valence-corrected chi connectivity index (χ3v) is 2.93. The Labute approximate surface area is 115 Å². The number of methoxy groups -OCH3 is 1. The van der Waals surface area contributed by atoms with Crippen molar-refractivity contribution >= 4 is 27.6 Å². The van der Waals surface area contributed by atoms with E-state index in [-0.39, 0.29) is 0 Å². The highest BCUT2D eigenvalue weighted by Gasteiger charge is 2.05. The van der Waals surface area contributed by atoms with Crippen LogP contribution in [0.15, 0.2) is 28.9 Å². The van der Waals surface area contributed by atoms with Gasteiger partial charge in [-0.2, -0.15) is 4.98 Å². The Bertz CT molecular complexity index is 552. The second kappa shape index (κ2) is 5.35. The number of aryl methyl sites for hydroxylation is 2. The van der Waals surface area contributed by atoms with Crippen LogP contribution in [0, 0.1) is 13.8 Å². The van der Waals surface area contributed by atoms with Crippen LogP contribution in [-0.4, -0.2) is 17.1 Å². The van der Waals surface area contributed by atoms with Crippen molar-refractivity contribution in [3.63, 3.8) is 0 Å². The zero-order valence-electron chi connectivity index (χ0n) is 10.5. The minimum absolute atomic E-state index is 0.511. The summed E-state index contributed by atoms with van der Waals surface area (Å²) in [5, 5.41) is 3.16. The highest BCUT2D eigenvalue weighted by Crippen LogP contribution is 2.24. The molecule has 1 N–H and O–H groups in total. The molecule has 0 bridgehead atoms. The van der Waals surface area contributed by atoms with Gasteiger partial charge in [0.05, 0.1) is 17.8 Å². The van der Waals surface area contributed by atoms with Crippen molar-refractivity contribution in [1.29, 1.82) is 0 Å². The van der Waals surface area contributed by atoms with E-state index in [2.05, 4.69) is 51.1 Å². The van der Waals surface area contributed by atoms with E-state index >= 15 is 0 Å². The van der Waals surface area contributed by atoms with Crippen molar-refractivity contribution in [3.05, 3.63) is 40.0 Å². The molecular formula is C13H14BrN3O. The Morgan fingerprint density at radius 1 is 1.17 bits per heavy atom. The lowest BCUT2D eigenvalue weighted by molar-refractivity contribution is 0.394. The minimum Gasteiger partial charge on any atom is -0.480 e. The van der Waals surface area contributed by atoms with E-state index in [1.165, 1.54) is 11.1 Å². The summed E-state index contributed by atoms with van der Waals surface area (Å²) in [7, 11) is 1.58. The summed E-state index contributed by atoms with van der Waals surface area (Å²) in [6.07, 6.45) is 1.66. The van der Waals surface area contributed by atoms with Crippen LogP contribution in [0.25, 0.3) is 0 Å². The van der Waals surface area contributed by atoms with E-state index < -0.39 is 0 Å². The standard InChI is InChI=1S/C13H14BrN3O/c1-8-4-9(2)6-10(5-8)16-13-15-7-11(14)12(17-13)18-3/h4-7H,1-3H3,(H,15,16,17). The molecule has 0 radical (unpaired) electrons. The van der Waals surface area contributed by atoms with Gasteiger partial charge in [-0.25, -0.2) is 4.98 Å². The van der Waals surface area contributed by atoms with E-state index in [0.29, 0.717) is 11.8 Å². The third kappa shape index (κ3) is 2.98. The zero-order valence-corrected chi connectivity index (χ0v) is 12.1. The summed E-state index contributed by atoms with van der Waals surface area (Å²) in [5.41, 5.74) is 3.36. The van der Waals surface area contributed by atoms with Crippen LogP contribution in [0.4, 0.5) is 11.6 Å². The van der Waals surface area contributed by atoms with Crippen molar-refractivity contribution in [2.75, 3.05) is 12.4 Å². The molecule has 0 atom stereocenters. The molecule has 18 heavy (non-hydrogen) atoms. The molecule has 94 valence electrons. The number of benzene rings is 1. The van der Waals surface area contributed by atoms with Crippen molar-refractivity contribution in [1.82, 2.24) is 9.97 Å². The molecule has 0 spiro atoms. The minimum atomic E-state index is 0.511. The number of nitrogens with zero attached hydrogens (tertiary/aromatic N) is 2. The van der Waals surface area contributed by atoms with Crippen LogP contribution in [0.2, 0.25) is 0 Å². The molecule has 1 heterocycles. The van der Waals surface area contributed by atoms with E-state index in [0.717, 1.165) is 10.2 Å². The summed E-state index contributed by atoms with van der Waals surface area (Å²) in [6.45, 7) is 4.11. The highest BCUT2D eigenvalue weighted by molar-refractivity contribution is 9.10. The number of nitrogens with one attached hydrogen (secondary N) is 1. The molecular weight excluding hydrogens is 294 g/mol. The summed E-state index contributed by atoms with van der Waals surface area (Å²) >= 11 is 3.32. The first-order valence-electron chi connectivity index (χ1n) is 5.50. The van der Waals surface area contributed by atoms with Crippen LogP contribution in [0.5, 0.6) is 5.88 Å². The first-order chi connectivity index (χ1) is 8.58. The lowest BCUT2D eigenvalue weighted by Crippen LogP contribution is -1.99. The Hall–Kier alpha value is -1.62. The summed E-state index contributed by atoms with van der Waals surface area (Å²) in [4.78, 5) is 8.45. The largest absolute Gasteiger partial charge is 0.480 e. The van der Waals surface area contributed by atoms with Gasteiger partial charge in [0.15, 0.2) is 0 Å². The molecule has 1 aromatic heterocycles. The molecule has 0 aliphatic heterocycles. The molecule has 0 fully saturated rings. The zero-order chi connectivity index (χ0) is 13.1. The third-order valence-electron chi connectivity index (χ3n) is 2.38. The quantitative estimate of drug-likeness (QED) is 0.941. The maximum Gasteiger partial charge on any atom is 0.232 e. The lowest BCUT2D eigenvalue weighted by atomic mass is 10.1. The molecule has 4 nitrogen and oxygen atoms in total. The van der Waals surface area contributed by atoms with Crippen LogP contribution in [0.1, 0.15) is 11.1 Å². The SMILES string of the molecule is COc1nc(Nc2cc(C)cc(C)c2)ncc1Br. The Balaban J connectivity index is 2.28. The van der Waals surface area contributed by atoms with Gasteiger partial charge in [-0.3, -0.25) is 0 Å². The number of rotatable bonds is 3. The summed E-state index contributed by atoms with van der Waals surface area (Å²) in [6, 6.07) is 6.21. The van der Waals surface area contributed by atoms with Gasteiger partial charge in [0.1, 0.15) is 0 Å². The van der Waals surface area contributed by atoms with Gasteiger partial charge in [0.2, 0.25) is 11.8 Å². The molecule has 1 aromatic carbocycles. The van der Waals surface area contributed by atoms with Crippen molar-refractivity contribution < 1.29 is 4.74 Å². The van der Waals surface area contributed by atoms with Gasteiger partial charge in [0.25, 0.3) is 0 Å². The number of hydrogen-bond donors (Lipinski definition) is 1. The Morgan fingerprint density at radius 3 is 2.44 bits per heavy atom. The predicted molar refractivity (Wildman–Crippen MR) is 75.5 cm³/mol. The number of halogens is 1. The van der Waals surface area contributed by atoms with E-state index in [1.54, 1.807) is 13.3 Å². The molecule has 0 unspecified atom stereocenters. The van der Waals surface area contributed by atoms with Gasteiger partial charge in [0, 0.05) is 5.69 Å². The maximum atomic E-state index is 5.13. The predicted octanol–water partition coefficient (Wildman–Crippen LogP) is 3.61. The first kappa shape index (κ1) is 12.8. The number of aromatic nitrogens is 2. The van der Waals surface area contributed by atoms with Crippen LogP contribution >= 0.6 is 15.9 Å². The van der Waals surface area contributed by atoms with Crippen molar-refractivity contribution in [3.8, 4) is 5.88 Å². The molecule has 0 aliphatic rings. The maximum absolute atomic E-state index is 5.13. The number of ether oxygens (including phenoxy) is 1. The van der Waals surface area contributed by atoms with Crippen LogP contribution < -0.4 is 10.1 Å². The normalized spacial score (nSPS) is 10.2. The van der Waals surface area contributed by atoms with E-state index in [9.17, 15) is 0 Å². The highest BCUT2D eigenvalue weighted by atomic mass is 79.9. The van der Waals surface area contributed by atoms with Gasteiger partial charge in [-0.05, 0) is 53.0 Å². The second-order valence-corrected chi connectivity index (χ2v) is 4.91. The van der Waals surface area contributed by atoms with Crippen LogP contribution in [0.3, 0.4) is 0 Å². The second-order valence-electron chi connectivity index (χ2n) is 4.05. The molecule has 2 rings (SSSR count). The number of hydrogen-bond acceptors (Lipinski definition) is 4. The van der Waals surface area contributed by atoms with Gasteiger partial charge >= 0.3 is 0 Å². The molecule has 2 aromatic rings. The number of anilines is 2. The van der Waals surface area contributed by atoms with E-state index in [1.807, 2.05) is 12.1 Å². The van der Waals surface area contributed by atoms with Crippen LogP contribution in [-0.2, 0) is 0 Å². The van der Waals surface area contributed by atoms with Gasteiger partial charge in [-0.1, -0.05) is 6.07 Å². The first-order valence-corrected chi connectivity index (χ1v) is 6.29. The lowest BCUT2D eigenvalue weighted by Gasteiger charge is -2.08. The van der Waals surface area contributed by atoms with Gasteiger partial charge < -0.3 is 10.1 Å². The van der Waals surface area contributed by atoms with Gasteiger partial charge in [-0.15, -0.1) is 0 Å². The van der Waals surface area contributed by atoms with E-state index in [4.69, 9.17) is 4.74 Å². The average molecular weight is 308 g/mol. The Morgan fingerprint density at radius 2 is 1.83 bits per heavy atom. The monoisotopic (exact) mass is 307 g/mol. The molecule has 5 heteroatoms. The average Bonchev–Trinajstić information content (AvgIpc) is 2.30. The fourth-order valence-electron chi connectivity index (χ4n) is 1.73. The smallest absolute Gasteiger partial charge is 0.232 e. The summed E-state index contributed by atoms with van der Waals surface area (Å²) < 4.78 is 5.87. The topological polar surface area (TPSA) is 47.0 Å². The van der Waals surface area contributed by atoms with Crippen molar-refractivity contribution in [2.24, 2.45) is 0 Å². The molecule has 0 saturated heterocycles.